The molecule has 0 aliphatic carbocycles. The predicted octanol–water partition coefficient (Wildman–Crippen LogP) is 4.26. The molecule has 0 aromatic heterocycles. The fraction of sp³-hybridized carbons (Fsp3) is 0.316. The zero-order valence-corrected chi connectivity index (χ0v) is 13.9. The molecule has 0 atom stereocenters. The predicted molar refractivity (Wildman–Crippen MR) is 93.6 cm³/mol. The standard InChI is InChI=1S/C19H21F2N3/c1-19(20,21)15-8-5-7-14(13-15)16-9-6-10-17-18(23-16)24(2)12-4-3-11-22-17/h3,5,7-11,13,22H,4,6,12H2,1-2H3/b11-3-. The van der Waals surface area contributed by atoms with E-state index in [9.17, 15) is 8.78 Å². The van der Waals surface area contributed by atoms with E-state index in [4.69, 9.17) is 4.99 Å². The van der Waals surface area contributed by atoms with Crippen molar-refractivity contribution in [1.29, 1.82) is 0 Å². The maximum Gasteiger partial charge on any atom is 0.270 e. The van der Waals surface area contributed by atoms with Crippen molar-refractivity contribution in [2.24, 2.45) is 4.99 Å². The normalized spacial score (nSPS) is 19.7. The summed E-state index contributed by atoms with van der Waals surface area (Å²) in [4.78, 5) is 6.85. The molecule has 24 heavy (non-hydrogen) atoms. The third-order valence-electron chi connectivity index (χ3n) is 4.12. The highest BCUT2D eigenvalue weighted by atomic mass is 19.3. The van der Waals surface area contributed by atoms with Crippen LogP contribution >= 0.6 is 0 Å². The Bertz CT molecular complexity index is 739. The molecule has 3 rings (SSSR count). The SMILES string of the molecule is CN1CC/C=C\NC2=CCC=C(c3cccc(C(C)(F)F)c3)N=C21. The number of allylic oxidation sites excluding steroid dienone is 2. The number of hydrogen-bond acceptors (Lipinski definition) is 3. The Hall–Kier alpha value is -2.43. The third-order valence-corrected chi connectivity index (χ3v) is 4.12. The highest BCUT2D eigenvalue weighted by Gasteiger charge is 2.25. The molecule has 2 aliphatic heterocycles. The molecule has 126 valence electrons. The minimum absolute atomic E-state index is 0.00519. The van der Waals surface area contributed by atoms with Crippen LogP contribution in [0.2, 0.25) is 0 Å². The minimum atomic E-state index is -2.86. The first-order valence-corrected chi connectivity index (χ1v) is 8.06. The van der Waals surface area contributed by atoms with Crippen molar-refractivity contribution in [3.63, 3.8) is 0 Å². The number of likely N-dealkylation sites (N-methyl/N-ethyl adjacent to an activating group) is 1. The number of nitrogens with one attached hydrogen (secondary N) is 1. The molecule has 2 aliphatic rings. The molecule has 0 bridgehead atoms. The smallest absolute Gasteiger partial charge is 0.270 e. The number of alkyl halides is 2. The summed E-state index contributed by atoms with van der Waals surface area (Å²) in [6, 6.07) is 6.46. The van der Waals surface area contributed by atoms with E-state index >= 15 is 0 Å². The van der Waals surface area contributed by atoms with Crippen LogP contribution in [0, 0.1) is 0 Å². The Morgan fingerprint density at radius 2 is 2.08 bits per heavy atom. The van der Waals surface area contributed by atoms with Gasteiger partial charge in [-0.3, -0.25) is 0 Å². The zero-order valence-electron chi connectivity index (χ0n) is 13.9. The van der Waals surface area contributed by atoms with Gasteiger partial charge in [0.25, 0.3) is 5.92 Å². The van der Waals surface area contributed by atoms with E-state index in [1.54, 1.807) is 6.07 Å². The van der Waals surface area contributed by atoms with Gasteiger partial charge in [-0.1, -0.05) is 36.4 Å². The van der Waals surface area contributed by atoms with Gasteiger partial charge in [0.15, 0.2) is 5.84 Å². The van der Waals surface area contributed by atoms with Gasteiger partial charge in [-0.05, 0) is 25.1 Å². The van der Waals surface area contributed by atoms with E-state index in [-0.39, 0.29) is 5.56 Å². The summed E-state index contributed by atoms with van der Waals surface area (Å²) in [6.45, 7) is 1.77. The summed E-state index contributed by atoms with van der Waals surface area (Å²) in [5.74, 6) is -2.03. The van der Waals surface area contributed by atoms with E-state index in [2.05, 4.69) is 22.4 Å². The maximum absolute atomic E-state index is 13.6. The van der Waals surface area contributed by atoms with Crippen LogP contribution < -0.4 is 5.32 Å². The molecule has 0 saturated heterocycles. The van der Waals surface area contributed by atoms with Gasteiger partial charge in [-0.2, -0.15) is 0 Å². The van der Waals surface area contributed by atoms with Gasteiger partial charge in [-0.15, -0.1) is 0 Å². The Morgan fingerprint density at radius 3 is 2.88 bits per heavy atom. The van der Waals surface area contributed by atoms with Crippen molar-refractivity contribution in [1.82, 2.24) is 10.2 Å². The van der Waals surface area contributed by atoms with Crippen LogP contribution in [0.15, 0.2) is 59.4 Å². The van der Waals surface area contributed by atoms with Gasteiger partial charge in [0.2, 0.25) is 0 Å². The van der Waals surface area contributed by atoms with Gasteiger partial charge >= 0.3 is 0 Å². The van der Waals surface area contributed by atoms with Crippen LogP contribution in [0.1, 0.15) is 30.9 Å². The first kappa shape index (κ1) is 16.4. The van der Waals surface area contributed by atoms with Crippen molar-refractivity contribution in [2.45, 2.75) is 25.7 Å². The minimum Gasteiger partial charge on any atom is -0.359 e. The second kappa shape index (κ2) is 6.59. The zero-order chi connectivity index (χ0) is 17.2. The number of halogens is 2. The average molecular weight is 329 g/mol. The monoisotopic (exact) mass is 329 g/mol. The van der Waals surface area contributed by atoms with Crippen LogP contribution in [-0.4, -0.2) is 24.3 Å². The molecule has 0 amide bonds. The van der Waals surface area contributed by atoms with E-state index in [1.807, 2.05) is 25.4 Å². The number of benzene rings is 1. The maximum atomic E-state index is 13.6. The molecule has 5 heteroatoms. The van der Waals surface area contributed by atoms with Gasteiger partial charge in [-0.25, -0.2) is 13.8 Å². The van der Waals surface area contributed by atoms with Crippen molar-refractivity contribution in [3.05, 3.63) is 65.5 Å². The van der Waals surface area contributed by atoms with Crippen LogP contribution in [-0.2, 0) is 5.92 Å². The molecule has 2 heterocycles. The van der Waals surface area contributed by atoms with E-state index in [0.717, 1.165) is 37.1 Å². The number of hydrogen-bond donors (Lipinski definition) is 1. The van der Waals surface area contributed by atoms with E-state index in [1.165, 1.54) is 12.1 Å². The highest BCUT2D eigenvalue weighted by Crippen LogP contribution is 2.30. The Kier molecular flexibility index (Phi) is 4.51. The lowest BCUT2D eigenvalue weighted by Crippen LogP contribution is -2.34. The van der Waals surface area contributed by atoms with Crippen LogP contribution in [0.4, 0.5) is 8.78 Å². The van der Waals surface area contributed by atoms with Crippen molar-refractivity contribution >= 4 is 11.5 Å². The van der Waals surface area contributed by atoms with Crippen molar-refractivity contribution in [3.8, 4) is 0 Å². The second-order valence-electron chi connectivity index (χ2n) is 6.10. The van der Waals surface area contributed by atoms with Crippen molar-refractivity contribution < 1.29 is 8.78 Å². The molecular weight excluding hydrogens is 308 g/mol. The number of aliphatic imine (C=N–C) groups is 1. The fourth-order valence-corrected chi connectivity index (χ4v) is 2.75. The molecule has 0 unspecified atom stereocenters. The van der Waals surface area contributed by atoms with E-state index in [0.29, 0.717) is 12.0 Å². The van der Waals surface area contributed by atoms with Gasteiger partial charge in [0.05, 0.1) is 11.4 Å². The molecule has 3 nitrogen and oxygen atoms in total. The first-order valence-electron chi connectivity index (χ1n) is 8.06. The van der Waals surface area contributed by atoms with Gasteiger partial charge in [0.1, 0.15) is 0 Å². The molecule has 1 aromatic carbocycles. The lowest BCUT2D eigenvalue weighted by atomic mass is 10.0. The average Bonchev–Trinajstić information content (AvgIpc) is 2.74. The van der Waals surface area contributed by atoms with Crippen LogP contribution in [0.3, 0.4) is 0 Å². The summed E-state index contributed by atoms with van der Waals surface area (Å²) in [7, 11) is 1.99. The van der Waals surface area contributed by atoms with Crippen LogP contribution in [0.5, 0.6) is 0 Å². The van der Waals surface area contributed by atoms with Gasteiger partial charge in [0, 0.05) is 31.6 Å². The Balaban J connectivity index is 1.99. The molecular formula is C19H21F2N3. The second-order valence-corrected chi connectivity index (χ2v) is 6.10. The summed E-state index contributed by atoms with van der Waals surface area (Å²) in [5, 5.41) is 3.26. The summed E-state index contributed by atoms with van der Waals surface area (Å²) in [5.41, 5.74) is 2.38. The van der Waals surface area contributed by atoms with Crippen LogP contribution in [0.25, 0.3) is 5.70 Å². The quantitative estimate of drug-likeness (QED) is 0.878. The van der Waals surface area contributed by atoms with Gasteiger partial charge < -0.3 is 10.2 Å². The summed E-state index contributed by atoms with van der Waals surface area (Å²) >= 11 is 0. The Morgan fingerprint density at radius 1 is 1.25 bits per heavy atom. The summed E-state index contributed by atoms with van der Waals surface area (Å²) < 4.78 is 27.2. The lowest BCUT2D eigenvalue weighted by molar-refractivity contribution is 0.0174. The molecule has 0 fully saturated rings. The highest BCUT2D eigenvalue weighted by molar-refractivity contribution is 6.01. The number of rotatable bonds is 2. The molecule has 0 radical (unpaired) electrons. The Labute approximate surface area is 141 Å². The fourth-order valence-electron chi connectivity index (χ4n) is 2.75. The number of amidine groups is 1. The topological polar surface area (TPSA) is 27.6 Å². The van der Waals surface area contributed by atoms with E-state index < -0.39 is 5.92 Å². The third kappa shape index (κ3) is 3.55. The summed E-state index contributed by atoms with van der Waals surface area (Å²) in [6.07, 6.45) is 9.66. The largest absolute Gasteiger partial charge is 0.359 e. The number of nitrogens with zero attached hydrogens (tertiary/aromatic N) is 2. The number of fused-ring (bicyclic) bond motifs is 1. The molecule has 0 spiro atoms. The first-order chi connectivity index (χ1) is 11.4. The molecule has 1 N–H and O–H groups in total. The van der Waals surface area contributed by atoms with Crippen molar-refractivity contribution in [2.75, 3.05) is 13.6 Å². The molecule has 0 saturated carbocycles. The molecule has 1 aromatic rings. The lowest BCUT2D eigenvalue weighted by Gasteiger charge is -2.24.